The zero-order valence-electron chi connectivity index (χ0n) is 25.9. The third-order valence-electron chi connectivity index (χ3n) is 10.1. The van der Waals surface area contributed by atoms with Gasteiger partial charge in [-0.2, -0.15) is 0 Å². The smallest absolute Gasteiger partial charge is 0.254 e. The van der Waals surface area contributed by atoms with E-state index in [1.165, 1.54) is 19.8 Å². The molecule has 230 valence electrons. The summed E-state index contributed by atoms with van der Waals surface area (Å²) in [5.41, 5.74) is 13.8. The van der Waals surface area contributed by atoms with E-state index in [0.717, 1.165) is 76.2 Å². The molecule has 0 unspecified atom stereocenters. The zero-order valence-corrected chi connectivity index (χ0v) is 25.9. The number of nitrogens with zero attached hydrogens (tertiary/aromatic N) is 4. The molecular formula is C36H38N6O3. The quantitative estimate of drug-likeness (QED) is 0.245. The Morgan fingerprint density at radius 3 is 2.44 bits per heavy atom. The first kappa shape index (κ1) is 27.9. The molecule has 3 heterocycles. The van der Waals surface area contributed by atoms with E-state index in [-0.39, 0.29) is 23.9 Å². The second kappa shape index (κ2) is 10.5. The summed E-state index contributed by atoms with van der Waals surface area (Å²) in [7, 11) is 3.67. The van der Waals surface area contributed by atoms with E-state index in [0.29, 0.717) is 23.1 Å². The number of imidazole rings is 1. The summed E-state index contributed by atoms with van der Waals surface area (Å²) in [5, 5.41) is 3.99. The van der Waals surface area contributed by atoms with Crippen molar-refractivity contribution in [3.8, 4) is 28.4 Å². The first-order chi connectivity index (χ1) is 21.8. The summed E-state index contributed by atoms with van der Waals surface area (Å²) in [5.74, 6) is 2.44. The first-order valence-electron chi connectivity index (χ1n) is 15.9. The van der Waals surface area contributed by atoms with Crippen LogP contribution in [0.5, 0.6) is 5.75 Å². The van der Waals surface area contributed by atoms with Gasteiger partial charge in [0.2, 0.25) is 5.91 Å². The van der Waals surface area contributed by atoms with Crippen LogP contribution in [0.25, 0.3) is 44.6 Å². The number of aromatic nitrogens is 3. The standard InChI is InChI=1S/C36H38N6O3/c1-20(43)38-27-11-8-22(9-12-27)23-6-7-24-16-31(41(30(24)15-23)18-21-4-5-21)35-39-28-14-26(17-32(45-3)34(28)40(35)2)36(44)42-19-25-10-13-29(42)33(25)37/h6-9,11-12,14-17,21,25,29,33H,4-5,10,13,18-19,37H2,1-3H3,(H,38,43)/t25-,29-,33-/m1/s1. The number of carbonyl (C=O) groups is 2. The number of benzene rings is 3. The van der Waals surface area contributed by atoms with Crippen LogP contribution in [-0.4, -0.2) is 56.6 Å². The van der Waals surface area contributed by atoms with Gasteiger partial charge in [-0.25, -0.2) is 4.98 Å². The van der Waals surface area contributed by atoms with Crippen LogP contribution in [0.3, 0.4) is 0 Å². The number of nitrogens with two attached hydrogens (primary N) is 1. The average Bonchev–Trinajstić information content (AvgIpc) is 3.44. The lowest BCUT2D eigenvalue weighted by atomic mass is 10.0. The monoisotopic (exact) mass is 602 g/mol. The van der Waals surface area contributed by atoms with E-state index in [9.17, 15) is 9.59 Å². The Labute approximate surface area is 262 Å². The van der Waals surface area contributed by atoms with Crippen molar-refractivity contribution >= 4 is 39.4 Å². The minimum Gasteiger partial charge on any atom is -0.494 e. The van der Waals surface area contributed by atoms with Gasteiger partial charge in [-0.3, -0.25) is 9.59 Å². The fraction of sp³-hybridized carbons (Fsp3) is 0.361. The molecule has 8 rings (SSSR count). The third kappa shape index (κ3) is 4.68. The maximum atomic E-state index is 13.7. The molecule has 3 aromatic carbocycles. The molecule has 2 saturated carbocycles. The molecule has 2 aromatic heterocycles. The molecule has 2 amide bonds. The Kier molecular flexibility index (Phi) is 6.49. The highest BCUT2D eigenvalue weighted by molar-refractivity contribution is 6.01. The molecule has 0 spiro atoms. The largest absolute Gasteiger partial charge is 0.494 e. The first-order valence-corrected chi connectivity index (χ1v) is 15.9. The Morgan fingerprint density at radius 1 is 1.00 bits per heavy atom. The minimum absolute atomic E-state index is 0.00513. The molecule has 2 bridgehead atoms. The number of amides is 2. The van der Waals surface area contributed by atoms with Crippen molar-refractivity contribution in [2.75, 3.05) is 19.0 Å². The molecule has 0 radical (unpaired) electrons. The van der Waals surface area contributed by atoms with Gasteiger partial charge in [0.25, 0.3) is 5.91 Å². The van der Waals surface area contributed by atoms with Crippen molar-refractivity contribution in [3.05, 3.63) is 66.2 Å². The summed E-state index contributed by atoms with van der Waals surface area (Å²) < 4.78 is 10.4. The Hall–Kier alpha value is -4.63. The highest BCUT2D eigenvalue weighted by Gasteiger charge is 2.47. The number of likely N-dealkylation sites (tertiary alicyclic amines) is 1. The van der Waals surface area contributed by atoms with Gasteiger partial charge in [-0.05, 0) is 85.0 Å². The molecule has 3 atom stereocenters. The van der Waals surface area contributed by atoms with Crippen molar-refractivity contribution in [3.63, 3.8) is 0 Å². The van der Waals surface area contributed by atoms with Crippen molar-refractivity contribution < 1.29 is 14.3 Å². The van der Waals surface area contributed by atoms with Crippen molar-refractivity contribution in [1.82, 2.24) is 19.0 Å². The molecule has 5 aromatic rings. The SMILES string of the molecule is COc1cc(C(=O)N2C[C@H]3CC[C@@H]2[C@@H]3N)cc2nc(-c3cc4ccc(-c5ccc(NC(C)=O)cc5)cc4n3CC3CC3)n(C)c12. The van der Waals surface area contributed by atoms with Gasteiger partial charge < -0.3 is 29.8 Å². The number of ether oxygens (including phenoxy) is 1. The highest BCUT2D eigenvalue weighted by atomic mass is 16.5. The van der Waals surface area contributed by atoms with Crippen LogP contribution < -0.4 is 15.8 Å². The van der Waals surface area contributed by atoms with Crippen LogP contribution in [0.1, 0.15) is 43.0 Å². The lowest BCUT2D eigenvalue weighted by molar-refractivity contribution is -0.114. The van der Waals surface area contributed by atoms with Gasteiger partial charge in [0.05, 0.1) is 18.3 Å². The lowest BCUT2D eigenvalue weighted by Gasteiger charge is -2.27. The Balaban J connectivity index is 1.20. The highest BCUT2D eigenvalue weighted by Crippen LogP contribution is 2.41. The Bertz CT molecular complexity index is 1990. The van der Waals surface area contributed by atoms with Crippen molar-refractivity contribution in [2.24, 2.45) is 24.6 Å². The zero-order chi connectivity index (χ0) is 31.0. The summed E-state index contributed by atoms with van der Waals surface area (Å²) in [6, 6.07) is 20.7. The third-order valence-corrected chi connectivity index (χ3v) is 10.1. The number of anilines is 1. The number of nitrogens with one attached hydrogen (secondary N) is 1. The molecule has 3 N–H and O–H groups in total. The minimum atomic E-state index is -0.0832. The molecule has 1 aliphatic heterocycles. The summed E-state index contributed by atoms with van der Waals surface area (Å²) in [6.45, 7) is 3.16. The number of hydrogen-bond donors (Lipinski definition) is 2. The molecule has 9 nitrogen and oxygen atoms in total. The predicted octanol–water partition coefficient (Wildman–Crippen LogP) is 5.80. The van der Waals surface area contributed by atoms with Crippen molar-refractivity contribution in [2.45, 2.75) is 51.2 Å². The van der Waals surface area contributed by atoms with E-state index in [1.807, 2.05) is 48.3 Å². The average molecular weight is 603 g/mol. The molecule has 2 aliphatic carbocycles. The number of fused-ring (bicyclic) bond motifs is 4. The van der Waals surface area contributed by atoms with Gasteiger partial charge in [0.15, 0.2) is 5.82 Å². The summed E-state index contributed by atoms with van der Waals surface area (Å²) >= 11 is 0. The van der Waals surface area contributed by atoms with Gasteiger partial charge in [-0.1, -0.05) is 24.3 Å². The second-order valence-electron chi connectivity index (χ2n) is 13.1. The molecule has 45 heavy (non-hydrogen) atoms. The van der Waals surface area contributed by atoms with Crippen LogP contribution in [0.4, 0.5) is 5.69 Å². The lowest BCUT2D eigenvalue weighted by Crippen LogP contribution is -2.41. The molecule has 9 heteroatoms. The van der Waals surface area contributed by atoms with Crippen LogP contribution in [0.2, 0.25) is 0 Å². The van der Waals surface area contributed by atoms with E-state index in [4.69, 9.17) is 15.5 Å². The fourth-order valence-electron chi connectivity index (χ4n) is 7.59. The van der Waals surface area contributed by atoms with E-state index in [1.54, 1.807) is 7.11 Å². The van der Waals surface area contributed by atoms with Gasteiger partial charge in [-0.15, -0.1) is 0 Å². The Morgan fingerprint density at radius 2 is 1.78 bits per heavy atom. The van der Waals surface area contributed by atoms with Crippen LogP contribution in [0.15, 0.2) is 60.7 Å². The fourth-order valence-corrected chi connectivity index (χ4v) is 7.59. The number of aryl methyl sites for hydroxylation is 1. The molecule has 1 saturated heterocycles. The van der Waals surface area contributed by atoms with E-state index >= 15 is 0 Å². The van der Waals surface area contributed by atoms with Crippen LogP contribution in [-0.2, 0) is 18.4 Å². The van der Waals surface area contributed by atoms with E-state index in [2.05, 4.69) is 38.7 Å². The number of methoxy groups -OCH3 is 1. The number of carbonyl (C=O) groups excluding carboxylic acids is 2. The maximum absolute atomic E-state index is 13.7. The van der Waals surface area contributed by atoms with Crippen LogP contribution in [0, 0.1) is 11.8 Å². The summed E-state index contributed by atoms with van der Waals surface area (Å²) in [6.07, 6.45) is 4.53. The number of piperidine rings is 1. The van der Waals surface area contributed by atoms with Crippen LogP contribution >= 0.6 is 0 Å². The normalized spacial score (nSPS) is 20.8. The second-order valence-corrected chi connectivity index (χ2v) is 13.1. The van der Waals surface area contributed by atoms with Gasteiger partial charge in [0, 0.05) is 61.3 Å². The van der Waals surface area contributed by atoms with Crippen molar-refractivity contribution in [1.29, 1.82) is 0 Å². The van der Waals surface area contributed by atoms with E-state index < -0.39 is 0 Å². The van der Waals surface area contributed by atoms with Gasteiger partial charge in [0.1, 0.15) is 11.3 Å². The maximum Gasteiger partial charge on any atom is 0.254 e. The molecule has 3 fully saturated rings. The number of hydrogen-bond acceptors (Lipinski definition) is 5. The topological polar surface area (TPSA) is 107 Å². The summed E-state index contributed by atoms with van der Waals surface area (Å²) in [4.78, 5) is 32.3. The van der Waals surface area contributed by atoms with Gasteiger partial charge >= 0.3 is 0 Å². The number of rotatable bonds is 7. The molecular weight excluding hydrogens is 564 g/mol. The molecule has 3 aliphatic rings. The predicted molar refractivity (Wildman–Crippen MR) is 176 cm³/mol.